The molecule has 0 bridgehead atoms. The fourth-order valence-corrected chi connectivity index (χ4v) is 3.16. The summed E-state index contributed by atoms with van der Waals surface area (Å²) >= 11 is 0. The van der Waals surface area contributed by atoms with Gasteiger partial charge in [-0.2, -0.15) is 0 Å². The van der Waals surface area contributed by atoms with Gasteiger partial charge in [0.05, 0.1) is 0 Å². The number of carbonyl (C=O) groups is 2. The zero-order valence-corrected chi connectivity index (χ0v) is 16.0. The summed E-state index contributed by atoms with van der Waals surface area (Å²) in [7, 11) is 0. The largest absolute Gasteiger partial charge is 0.389 e. The van der Waals surface area contributed by atoms with Crippen molar-refractivity contribution in [1.29, 1.82) is 0 Å². The van der Waals surface area contributed by atoms with Crippen molar-refractivity contribution in [2.24, 2.45) is 11.7 Å². The third-order valence-corrected chi connectivity index (χ3v) is 4.95. The van der Waals surface area contributed by atoms with Crippen LogP contribution in [0.2, 0.25) is 0 Å². The summed E-state index contributed by atoms with van der Waals surface area (Å²) in [5, 5.41) is 9.16. The van der Waals surface area contributed by atoms with Crippen LogP contribution in [0.15, 0.2) is 48.5 Å². The van der Waals surface area contributed by atoms with Crippen molar-refractivity contribution in [1.82, 2.24) is 0 Å². The molecule has 2 aromatic carbocycles. The highest BCUT2D eigenvalue weighted by atomic mass is 16.3. The van der Waals surface area contributed by atoms with Crippen molar-refractivity contribution in [2.45, 2.75) is 39.0 Å². The Kier molecular flexibility index (Phi) is 8.37. The Bertz CT molecular complexity index is 735. The molecular weight excluding hydrogens is 338 g/mol. The van der Waals surface area contributed by atoms with Gasteiger partial charge in [0.25, 0.3) is 0 Å². The summed E-state index contributed by atoms with van der Waals surface area (Å²) in [6.45, 7) is 2.17. The third-order valence-electron chi connectivity index (χ3n) is 4.95. The second kappa shape index (κ2) is 10.8. The number of rotatable bonds is 11. The van der Waals surface area contributed by atoms with Gasteiger partial charge in [-0.05, 0) is 42.5 Å². The molecule has 144 valence electrons. The van der Waals surface area contributed by atoms with E-state index in [0.717, 1.165) is 30.4 Å². The number of Topliss-reactive ketones (excluding diaryl/α,β-unsaturated/α-hetero) is 2. The van der Waals surface area contributed by atoms with Crippen molar-refractivity contribution >= 4 is 11.6 Å². The summed E-state index contributed by atoms with van der Waals surface area (Å²) in [6, 6.07) is 15.9. The number of nitrogens with two attached hydrogens (primary N) is 1. The number of unbranched alkanes of at least 4 members (excludes halogenated alkanes) is 1. The maximum atomic E-state index is 12.6. The first-order valence-electron chi connectivity index (χ1n) is 9.65. The van der Waals surface area contributed by atoms with Gasteiger partial charge in [-0.3, -0.25) is 9.59 Å². The van der Waals surface area contributed by atoms with Crippen LogP contribution in [0.1, 0.15) is 48.5 Å². The van der Waals surface area contributed by atoms with E-state index in [1.807, 2.05) is 24.3 Å². The predicted octanol–water partition coefficient (Wildman–Crippen LogP) is 3.80. The van der Waals surface area contributed by atoms with Crippen LogP contribution in [0.5, 0.6) is 0 Å². The van der Waals surface area contributed by atoms with Gasteiger partial charge in [-0.1, -0.05) is 61.9 Å². The number of aliphatic hydroxyl groups is 1. The summed E-state index contributed by atoms with van der Waals surface area (Å²) < 4.78 is 0. The lowest BCUT2D eigenvalue weighted by molar-refractivity contribution is -0.125. The minimum atomic E-state index is -0.521. The van der Waals surface area contributed by atoms with Crippen LogP contribution >= 0.6 is 0 Å². The normalized spacial score (nSPS) is 12.0. The van der Waals surface area contributed by atoms with E-state index in [2.05, 4.69) is 31.2 Å². The van der Waals surface area contributed by atoms with Gasteiger partial charge in [0, 0.05) is 17.9 Å². The first-order valence-corrected chi connectivity index (χ1v) is 9.65. The number of aryl methyl sites for hydroxylation is 1. The maximum Gasteiger partial charge on any atom is 0.163 e. The number of hydrogen-bond donors (Lipinski definition) is 2. The van der Waals surface area contributed by atoms with Gasteiger partial charge in [0.1, 0.15) is 6.61 Å². The molecule has 0 aliphatic rings. The number of hydrogen-bond acceptors (Lipinski definition) is 4. The van der Waals surface area contributed by atoms with Crippen molar-refractivity contribution in [3.05, 3.63) is 59.7 Å². The topological polar surface area (TPSA) is 80.4 Å². The van der Waals surface area contributed by atoms with E-state index < -0.39 is 12.5 Å². The molecule has 0 aliphatic carbocycles. The predicted molar refractivity (Wildman–Crippen MR) is 109 cm³/mol. The summed E-state index contributed by atoms with van der Waals surface area (Å²) in [5.41, 5.74) is 9.55. The molecule has 0 saturated carbocycles. The highest BCUT2D eigenvalue weighted by Gasteiger charge is 2.21. The van der Waals surface area contributed by atoms with E-state index in [0.29, 0.717) is 18.5 Å². The molecule has 27 heavy (non-hydrogen) atoms. The molecular formula is C23H29NO3. The molecule has 0 aromatic heterocycles. The molecule has 4 heteroatoms. The number of benzene rings is 2. The highest BCUT2D eigenvalue weighted by Crippen LogP contribution is 2.22. The van der Waals surface area contributed by atoms with Crippen LogP contribution in [0.3, 0.4) is 0 Å². The van der Waals surface area contributed by atoms with Gasteiger partial charge in [-0.25, -0.2) is 0 Å². The van der Waals surface area contributed by atoms with E-state index in [1.54, 1.807) is 0 Å². The molecule has 4 nitrogen and oxygen atoms in total. The van der Waals surface area contributed by atoms with E-state index in [4.69, 9.17) is 10.8 Å². The lowest BCUT2D eigenvalue weighted by atomic mass is 9.90. The number of aliphatic hydroxyl groups excluding tert-OH is 1. The molecule has 0 unspecified atom stereocenters. The standard InChI is InChI=1S/C23H29NO3/c1-2-17-6-8-18(9-7-17)19-10-12-20(13-11-19)22(26)15-21(23(27)16-25)5-3-4-14-24/h6-13,21,25H,2-5,14-16,24H2,1H3/t21-/m1/s1. The Hall–Kier alpha value is -2.30. The van der Waals surface area contributed by atoms with Gasteiger partial charge < -0.3 is 10.8 Å². The smallest absolute Gasteiger partial charge is 0.163 e. The second-order valence-electron chi connectivity index (χ2n) is 6.86. The molecule has 0 heterocycles. The number of carbonyl (C=O) groups excluding carboxylic acids is 2. The van der Waals surface area contributed by atoms with Gasteiger partial charge in [-0.15, -0.1) is 0 Å². The minimum Gasteiger partial charge on any atom is -0.389 e. The van der Waals surface area contributed by atoms with Crippen LogP contribution in [0, 0.1) is 5.92 Å². The van der Waals surface area contributed by atoms with Crippen LogP contribution in [0.4, 0.5) is 0 Å². The maximum absolute atomic E-state index is 12.6. The molecule has 2 aromatic rings. The van der Waals surface area contributed by atoms with Gasteiger partial charge >= 0.3 is 0 Å². The van der Waals surface area contributed by atoms with Crippen LogP contribution in [-0.4, -0.2) is 29.8 Å². The van der Waals surface area contributed by atoms with Crippen LogP contribution in [-0.2, 0) is 11.2 Å². The van der Waals surface area contributed by atoms with E-state index in [1.165, 1.54) is 5.56 Å². The Balaban J connectivity index is 2.05. The molecule has 1 atom stereocenters. The molecule has 0 amide bonds. The molecule has 0 fully saturated rings. The van der Waals surface area contributed by atoms with Crippen LogP contribution < -0.4 is 5.73 Å². The van der Waals surface area contributed by atoms with E-state index in [-0.39, 0.29) is 18.0 Å². The lowest BCUT2D eigenvalue weighted by Crippen LogP contribution is -2.22. The zero-order valence-electron chi connectivity index (χ0n) is 16.0. The van der Waals surface area contributed by atoms with Crippen molar-refractivity contribution in [3.63, 3.8) is 0 Å². The monoisotopic (exact) mass is 367 g/mol. The molecule has 0 spiro atoms. The molecule has 3 N–H and O–H groups in total. The van der Waals surface area contributed by atoms with Crippen molar-refractivity contribution < 1.29 is 14.7 Å². The fraction of sp³-hybridized carbons (Fsp3) is 0.391. The molecule has 0 aliphatic heterocycles. The quantitative estimate of drug-likeness (QED) is 0.468. The Morgan fingerprint density at radius 1 is 0.963 bits per heavy atom. The summed E-state index contributed by atoms with van der Waals surface area (Å²) in [4.78, 5) is 24.5. The van der Waals surface area contributed by atoms with E-state index >= 15 is 0 Å². The first kappa shape index (κ1) is 21.0. The van der Waals surface area contributed by atoms with Gasteiger partial charge in [0.15, 0.2) is 11.6 Å². The molecule has 2 rings (SSSR count). The SMILES string of the molecule is CCc1ccc(-c2ccc(C(=O)C[C@@H](CCCCN)C(=O)CO)cc2)cc1. The van der Waals surface area contributed by atoms with Crippen molar-refractivity contribution in [2.75, 3.05) is 13.2 Å². The fourth-order valence-electron chi connectivity index (χ4n) is 3.16. The Morgan fingerprint density at radius 2 is 1.56 bits per heavy atom. The molecule has 0 saturated heterocycles. The minimum absolute atomic E-state index is 0.0672. The van der Waals surface area contributed by atoms with Crippen molar-refractivity contribution in [3.8, 4) is 11.1 Å². The number of ketones is 2. The third kappa shape index (κ3) is 6.12. The Morgan fingerprint density at radius 3 is 2.07 bits per heavy atom. The first-order chi connectivity index (χ1) is 13.1. The summed E-state index contributed by atoms with van der Waals surface area (Å²) in [6.07, 6.45) is 3.33. The lowest BCUT2D eigenvalue weighted by Gasteiger charge is -2.14. The molecule has 0 radical (unpaired) electrons. The average Bonchev–Trinajstić information content (AvgIpc) is 2.72. The van der Waals surface area contributed by atoms with Crippen LogP contribution in [0.25, 0.3) is 11.1 Å². The van der Waals surface area contributed by atoms with E-state index in [9.17, 15) is 9.59 Å². The average molecular weight is 367 g/mol. The highest BCUT2D eigenvalue weighted by molar-refractivity contribution is 5.99. The zero-order chi connectivity index (χ0) is 19.6. The van der Waals surface area contributed by atoms with Gasteiger partial charge in [0.2, 0.25) is 0 Å². The summed E-state index contributed by atoms with van der Waals surface area (Å²) in [5.74, 6) is -0.772. The second-order valence-corrected chi connectivity index (χ2v) is 6.86. The Labute approximate surface area is 161 Å².